The Labute approximate surface area is 121 Å². The largest absolute Gasteiger partial charge is 0.354 e. The third-order valence-corrected chi connectivity index (χ3v) is 3.85. The van der Waals surface area contributed by atoms with Crippen LogP contribution in [0.25, 0.3) is 10.9 Å². The van der Waals surface area contributed by atoms with E-state index in [1.807, 2.05) is 6.92 Å². The van der Waals surface area contributed by atoms with Crippen molar-refractivity contribution < 1.29 is 4.79 Å². The Hall–Kier alpha value is -1.77. The number of hydrogen-bond acceptors (Lipinski definition) is 1. The zero-order chi connectivity index (χ0) is 14.5. The van der Waals surface area contributed by atoms with Crippen molar-refractivity contribution in [1.29, 1.82) is 0 Å². The van der Waals surface area contributed by atoms with Crippen molar-refractivity contribution in [3.05, 3.63) is 36.0 Å². The summed E-state index contributed by atoms with van der Waals surface area (Å²) in [5, 5.41) is 4.29. The van der Waals surface area contributed by atoms with Gasteiger partial charge in [0, 0.05) is 36.1 Å². The monoisotopic (exact) mass is 272 g/mol. The van der Waals surface area contributed by atoms with Crippen LogP contribution in [0.2, 0.25) is 0 Å². The van der Waals surface area contributed by atoms with Crippen molar-refractivity contribution in [3.8, 4) is 0 Å². The van der Waals surface area contributed by atoms with Gasteiger partial charge in [0.1, 0.15) is 0 Å². The molecule has 1 atom stereocenters. The molecule has 2 rings (SSSR count). The lowest BCUT2D eigenvalue weighted by atomic mass is 10.1. The summed E-state index contributed by atoms with van der Waals surface area (Å²) in [4.78, 5) is 11.9. The molecule has 1 aromatic carbocycles. The van der Waals surface area contributed by atoms with Gasteiger partial charge in [-0.1, -0.05) is 25.1 Å². The van der Waals surface area contributed by atoms with Gasteiger partial charge in [-0.25, -0.2) is 0 Å². The van der Waals surface area contributed by atoms with Crippen LogP contribution in [0.1, 0.15) is 39.2 Å². The molecule has 0 saturated heterocycles. The van der Waals surface area contributed by atoms with E-state index in [2.05, 4.69) is 54.2 Å². The molecule has 0 bridgehead atoms. The number of rotatable bonds is 6. The first-order chi connectivity index (χ1) is 9.65. The molecule has 1 aromatic heterocycles. The number of fused-ring (bicyclic) bond motifs is 1. The van der Waals surface area contributed by atoms with E-state index >= 15 is 0 Å². The van der Waals surface area contributed by atoms with Crippen LogP contribution in [-0.4, -0.2) is 16.5 Å². The number of aromatic nitrogens is 1. The fraction of sp³-hybridized carbons (Fsp3) is 0.471. The van der Waals surface area contributed by atoms with Crippen molar-refractivity contribution in [3.63, 3.8) is 0 Å². The van der Waals surface area contributed by atoms with E-state index in [0.29, 0.717) is 6.42 Å². The summed E-state index contributed by atoms with van der Waals surface area (Å²) in [7, 11) is 0. The van der Waals surface area contributed by atoms with E-state index in [1.54, 1.807) is 0 Å². The first-order valence-electron chi connectivity index (χ1n) is 7.51. The van der Waals surface area contributed by atoms with Crippen LogP contribution in [0.5, 0.6) is 0 Å². The summed E-state index contributed by atoms with van der Waals surface area (Å²) < 4.78 is 2.25. The molecule has 0 aliphatic rings. The van der Waals surface area contributed by atoms with Crippen LogP contribution in [0, 0.1) is 0 Å². The molecule has 1 heterocycles. The lowest BCUT2D eigenvalue weighted by Gasteiger charge is -2.10. The summed E-state index contributed by atoms with van der Waals surface area (Å²) in [6, 6.07) is 8.67. The molecule has 3 heteroatoms. The highest BCUT2D eigenvalue weighted by Gasteiger charge is 2.10. The Bertz CT molecular complexity index is 586. The van der Waals surface area contributed by atoms with Gasteiger partial charge < -0.3 is 9.88 Å². The highest BCUT2D eigenvalue weighted by Crippen LogP contribution is 2.22. The summed E-state index contributed by atoms with van der Waals surface area (Å²) in [5.74, 6) is 0.146. The predicted octanol–water partition coefficient (Wildman–Crippen LogP) is 3.51. The van der Waals surface area contributed by atoms with Crippen molar-refractivity contribution in [2.75, 3.05) is 0 Å². The number of nitrogens with one attached hydrogen (secondary N) is 1. The summed E-state index contributed by atoms with van der Waals surface area (Å²) >= 11 is 0. The van der Waals surface area contributed by atoms with Gasteiger partial charge in [-0.15, -0.1) is 0 Å². The molecule has 0 unspecified atom stereocenters. The number of aryl methyl sites for hydroxylation is 2. The van der Waals surface area contributed by atoms with Gasteiger partial charge in [-0.2, -0.15) is 0 Å². The normalized spacial score (nSPS) is 12.6. The average molecular weight is 272 g/mol. The minimum Gasteiger partial charge on any atom is -0.354 e. The topological polar surface area (TPSA) is 34.0 Å². The van der Waals surface area contributed by atoms with Crippen LogP contribution >= 0.6 is 0 Å². The number of para-hydroxylation sites is 1. The van der Waals surface area contributed by atoms with Crippen molar-refractivity contribution in [2.24, 2.45) is 0 Å². The molecule has 1 amide bonds. The lowest BCUT2D eigenvalue weighted by molar-refractivity contribution is -0.121. The number of carbonyl (C=O) groups excluding carboxylic acids is 1. The van der Waals surface area contributed by atoms with E-state index in [0.717, 1.165) is 19.4 Å². The number of nitrogens with zero attached hydrogens (tertiary/aromatic N) is 1. The van der Waals surface area contributed by atoms with Crippen molar-refractivity contribution in [2.45, 2.75) is 52.6 Å². The average Bonchev–Trinajstić information content (AvgIpc) is 2.83. The molecule has 20 heavy (non-hydrogen) atoms. The molecule has 2 aromatic rings. The second kappa shape index (κ2) is 6.60. The quantitative estimate of drug-likeness (QED) is 0.858. The molecule has 0 spiro atoms. The third-order valence-electron chi connectivity index (χ3n) is 3.85. The molecule has 1 N–H and O–H groups in total. The zero-order valence-electron chi connectivity index (χ0n) is 12.6. The maximum absolute atomic E-state index is 11.9. The number of benzene rings is 1. The third kappa shape index (κ3) is 3.21. The van der Waals surface area contributed by atoms with E-state index < -0.39 is 0 Å². The van der Waals surface area contributed by atoms with E-state index in [4.69, 9.17) is 0 Å². The molecule has 3 nitrogen and oxygen atoms in total. The van der Waals surface area contributed by atoms with Gasteiger partial charge in [0.25, 0.3) is 0 Å². The van der Waals surface area contributed by atoms with E-state index in [9.17, 15) is 4.79 Å². The number of amides is 1. The maximum Gasteiger partial charge on any atom is 0.220 e. The highest BCUT2D eigenvalue weighted by atomic mass is 16.1. The Morgan fingerprint density at radius 2 is 2.05 bits per heavy atom. The molecular formula is C17H24N2O. The van der Waals surface area contributed by atoms with Gasteiger partial charge in [0.05, 0.1) is 0 Å². The Kier molecular flexibility index (Phi) is 4.83. The van der Waals surface area contributed by atoms with Crippen LogP contribution in [-0.2, 0) is 17.8 Å². The Balaban J connectivity index is 2.08. The first-order valence-corrected chi connectivity index (χ1v) is 7.51. The lowest BCUT2D eigenvalue weighted by Crippen LogP contribution is -2.31. The van der Waals surface area contributed by atoms with Gasteiger partial charge in [0.15, 0.2) is 0 Å². The zero-order valence-corrected chi connectivity index (χ0v) is 12.6. The fourth-order valence-electron chi connectivity index (χ4n) is 2.48. The molecule has 108 valence electrons. The predicted molar refractivity (Wildman–Crippen MR) is 83.8 cm³/mol. The minimum absolute atomic E-state index is 0.146. The molecular weight excluding hydrogens is 248 g/mol. The van der Waals surface area contributed by atoms with Crippen LogP contribution in [0.15, 0.2) is 30.5 Å². The molecule has 0 saturated carbocycles. The van der Waals surface area contributed by atoms with Gasteiger partial charge >= 0.3 is 0 Å². The smallest absolute Gasteiger partial charge is 0.220 e. The number of hydrogen-bond donors (Lipinski definition) is 1. The first kappa shape index (κ1) is 14.6. The summed E-state index contributed by atoms with van der Waals surface area (Å²) in [5.41, 5.74) is 2.52. The summed E-state index contributed by atoms with van der Waals surface area (Å²) in [6.07, 6.45) is 4.51. The van der Waals surface area contributed by atoms with Crippen LogP contribution in [0.3, 0.4) is 0 Å². The van der Waals surface area contributed by atoms with E-state index in [1.165, 1.54) is 16.5 Å². The molecule has 0 radical (unpaired) electrons. The minimum atomic E-state index is 0.146. The summed E-state index contributed by atoms with van der Waals surface area (Å²) in [6.45, 7) is 7.23. The Morgan fingerprint density at radius 3 is 2.75 bits per heavy atom. The standard InChI is InChI=1S/C17H24N2O/c1-4-13(3)18-17(20)11-10-14-12-19(5-2)16-9-7-6-8-15(14)16/h6-9,12-13H,4-5,10-11H2,1-3H3,(H,18,20)/t13-/m0/s1. The van der Waals surface area contributed by atoms with Gasteiger partial charge in [0.2, 0.25) is 5.91 Å². The van der Waals surface area contributed by atoms with Crippen LogP contribution in [0.4, 0.5) is 0 Å². The van der Waals surface area contributed by atoms with Crippen molar-refractivity contribution >= 4 is 16.8 Å². The fourth-order valence-corrected chi connectivity index (χ4v) is 2.48. The highest BCUT2D eigenvalue weighted by molar-refractivity contribution is 5.85. The van der Waals surface area contributed by atoms with Crippen LogP contribution < -0.4 is 5.32 Å². The Morgan fingerprint density at radius 1 is 1.30 bits per heavy atom. The SMILES string of the molecule is CC[C@H](C)NC(=O)CCc1cn(CC)c2ccccc12. The molecule has 0 fully saturated rings. The van der Waals surface area contributed by atoms with Crippen molar-refractivity contribution in [1.82, 2.24) is 9.88 Å². The maximum atomic E-state index is 11.9. The second-order valence-electron chi connectivity index (χ2n) is 5.33. The van der Waals surface area contributed by atoms with Gasteiger partial charge in [-0.3, -0.25) is 4.79 Å². The molecule has 0 aliphatic carbocycles. The second-order valence-corrected chi connectivity index (χ2v) is 5.33. The number of carbonyl (C=O) groups is 1. The molecule has 0 aliphatic heterocycles. The van der Waals surface area contributed by atoms with Gasteiger partial charge in [-0.05, 0) is 38.3 Å². The van der Waals surface area contributed by atoms with E-state index in [-0.39, 0.29) is 11.9 Å².